The molecule has 2 aromatic carbocycles. The minimum absolute atomic E-state index is 0.0444. The minimum Gasteiger partial charge on any atom is -0.339 e. The van der Waals surface area contributed by atoms with E-state index in [-0.39, 0.29) is 11.8 Å². The number of amides is 1. The average Bonchev–Trinajstić information content (AvgIpc) is 3.23. The van der Waals surface area contributed by atoms with Crippen molar-refractivity contribution in [3.8, 4) is 11.4 Å². The Bertz CT molecular complexity index is 920. The Morgan fingerprint density at radius 1 is 1.16 bits per heavy atom. The second-order valence-electron chi connectivity index (χ2n) is 6.15. The molecule has 3 aromatic rings. The lowest BCUT2D eigenvalue weighted by Gasteiger charge is -2.15. The third-order valence-corrected chi connectivity index (χ3v) is 4.69. The lowest BCUT2D eigenvalue weighted by molar-refractivity contribution is -0.117. The van der Waals surface area contributed by atoms with Gasteiger partial charge in [-0.1, -0.05) is 41.0 Å². The number of carbonyl (C=O) groups is 1. The molecule has 1 atom stereocenters. The van der Waals surface area contributed by atoms with E-state index in [0.29, 0.717) is 29.7 Å². The van der Waals surface area contributed by atoms with Gasteiger partial charge in [0.1, 0.15) is 0 Å². The van der Waals surface area contributed by atoms with Crippen LogP contribution in [0.15, 0.2) is 53.1 Å². The maximum atomic E-state index is 12.4. The maximum absolute atomic E-state index is 12.4. The molecule has 0 N–H and O–H groups in total. The second kappa shape index (κ2) is 6.33. The number of benzene rings is 2. The average molecular weight is 354 g/mol. The Morgan fingerprint density at radius 2 is 1.92 bits per heavy atom. The zero-order valence-corrected chi connectivity index (χ0v) is 14.4. The largest absolute Gasteiger partial charge is 0.339 e. The van der Waals surface area contributed by atoms with Crippen LogP contribution in [0.1, 0.15) is 23.8 Å². The SMILES string of the molecule is Cc1ccccc1-c1noc(C2CC(=O)N(c3ccc(Cl)cc3)C2)n1. The fraction of sp³-hybridized carbons (Fsp3) is 0.211. The van der Waals surface area contributed by atoms with Gasteiger partial charge in [-0.15, -0.1) is 0 Å². The van der Waals surface area contributed by atoms with Crippen molar-refractivity contribution in [3.05, 3.63) is 65.0 Å². The van der Waals surface area contributed by atoms with Crippen molar-refractivity contribution in [3.63, 3.8) is 0 Å². The van der Waals surface area contributed by atoms with E-state index in [0.717, 1.165) is 16.8 Å². The van der Waals surface area contributed by atoms with Crippen molar-refractivity contribution >= 4 is 23.2 Å². The van der Waals surface area contributed by atoms with Crippen LogP contribution < -0.4 is 4.90 Å². The topological polar surface area (TPSA) is 59.2 Å². The number of anilines is 1. The number of carbonyl (C=O) groups excluding carboxylic acids is 1. The van der Waals surface area contributed by atoms with Gasteiger partial charge in [-0.25, -0.2) is 0 Å². The molecule has 1 unspecified atom stereocenters. The van der Waals surface area contributed by atoms with E-state index in [1.54, 1.807) is 17.0 Å². The van der Waals surface area contributed by atoms with E-state index in [4.69, 9.17) is 16.1 Å². The number of hydrogen-bond donors (Lipinski definition) is 0. The van der Waals surface area contributed by atoms with Crippen molar-refractivity contribution in [2.24, 2.45) is 0 Å². The summed E-state index contributed by atoms with van der Waals surface area (Å²) in [6.07, 6.45) is 0.359. The molecule has 0 aliphatic carbocycles. The summed E-state index contributed by atoms with van der Waals surface area (Å²) in [5.74, 6) is 1.00. The molecular formula is C19H16ClN3O2. The lowest BCUT2D eigenvalue weighted by atomic mass is 10.1. The van der Waals surface area contributed by atoms with Crippen LogP contribution in [-0.2, 0) is 4.79 Å². The van der Waals surface area contributed by atoms with E-state index in [9.17, 15) is 4.79 Å². The number of halogens is 1. The van der Waals surface area contributed by atoms with E-state index in [1.807, 2.05) is 43.3 Å². The number of nitrogens with zero attached hydrogens (tertiary/aromatic N) is 3. The van der Waals surface area contributed by atoms with Gasteiger partial charge < -0.3 is 9.42 Å². The maximum Gasteiger partial charge on any atom is 0.232 e. The van der Waals surface area contributed by atoms with Gasteiger partial charge in [-0.05, 0) is 36.8 Å². The van der Waals surface area contributed by atoms with Gasteiger partial charge in [-0.2, -0.15) is 4.98 Å². The van der Waals surface area contributed by atoms with E-state index in [1.165, 1.54) is 0 Å². The van der Waals surface area contributed by atoms with Crippen LogP contribution in [-0.4, -0.2) is 22.6 Å². The zero-order chi connectivity index (χ0) is 17.4. The molecule has 1 amide bonds. The molecule has 0 radical (unpaired) electrons. The van der Waals surface area contributed by atoms with E-state index < -0.39 is 0 Å². The van der Waals surface area contributed by atoms with Crippen LogP contribution in [0.5, 0.6) is 0 Å². The fourth-order valence-corrected chi connectivity index (χ4v) is 3.20. The highest BCUT2D eigenvalue weighted by Gasteiger charge is 2.35. The first-order valence-electron chi connectivity index (χ1n) is 8.07. The van der Waals surface area contributed by atoms with Crippen molar-refractivity contribution < 1.29 is 9.32 Å². The quantitative estimate of drug-likeness (QED) is 0.707. The fourth-order valence-electron chi connectivity index (χ4n) is 3.08. The first-order chi connectivity index (χ1) is 12.1. The molecule has 1 aliphatic heterocycles. The minimum atomic E-state index is -0.103. The highest BCUT2D eigenvalue weighted by Crippen LogP contribution is 2.32. The predicted molar refractivity (Wildman–Crippen MR) is 95.6 cm³/mol. The highest BCUT2D eigenvalue weighted by molar-refractivity contribution is 6.30. The molecule has 6 heteroatoms. The van der Waals surface area contributed by atoms with Gasteiger partial charge in [0.15, 0.2) is 0 Å². The number of rotatable bonds is 3. The Morgan fingerprint density at radius 3 is 2.68 bits per heavy atom. The van der Waals surface area contributed by atoms with Gasteiger partial charge in [0, 0.05) is 29.2 Å². The van der Waals surface area contributed by atoms with Crippen molar-refractivity contribution in [2.45, 2.75) is 19.3 Å². The highest BCUT2D eigenvalue weighted by atomic mass is 35.5. The molecule has 5 nitrogen and oxygen atoms in total. The molecule has 0 spiro atoms. The van der Waals surface area contributed by atoms with Crippen molar-refractivity contribution in [2.75, 3.05) is 11.4 Å². The lowest BCUT2D eigenvalue weighted by Crippen LogP contribution is -2.24. The van der Waals surface area contributed by atoms with Gasteiger partial charge in [-0.3, -0.25) is 4.79 Å². The Kier molecular flexibility index (Phi) is 4.01. The number of hydrogen-bond acceptors (Lipinski definition) is 4. The Hall–Kier alpha value is -2.66. The van der Waals surface area contributed by atoms with Crippen LogP contribution in [0.4, 0.5) is 5.69 Å². The molecule has 126 valence electrons. The monoisotopic (exact) mass is 353 g/mol. The molecule has 4 rings (SSSR count). The molecule has 2 heterocycles. The van der Waals surface area contributed by atoms with E-state index in [2.05, 4.69) is 10.1 Å². The summed E-state index contributed by atoms with van der Waals surface area (Å²) in [7, 11) is 0. The van der Waals surface area contributed by atoms with Crippen LogP contribution in [0, 0.1) is 6.92 Å². The van der Waals surface area contributed by atoms with Gasteiger partial charge in [0.05, 0.1) is 5.92 Å². The Balaban J connectivity index is 1.57. The molecule has 25 heavy (non-hydrogen) atoms. The zero-order valence-electron chi connectivity index (χ0n) is 13.6. The summed E-state index contributed by atoms with van der Waals surface area (Å²) in [6, 6.07) is 15.1. The third kappa shape index (κ3) is 3.03. The first kappa shape index (κ1) is 15.8. The molecular weight excluding hydrogens is 338 g/mol. The van der Waals surface area contributed by atoms with E-state index >= 15 is 0 Å². The number of aromatic nitrogens is 2. The van der Waals surface area contributed by atoms with Crippen LogP contribution in [0.25, 0.3) is 11.4 Å². The first-order valence-corrected chi connectivity index (χ1v) is 8.45. The smallest absolute Gasteiger partial charge is 0.232 e. The summed E-state index contributed by atoms with van der Waals surface area (Å²) in [6.45, 7) is 2.53. The standard InChI is InChI=1S/C19H16ClN3O2/c1-12-4-2-3-5-16(12)18-21-19(25-22-18)13-10-17(24)23(11-13)15-8-6-14(20)7-9-15/h2-9,13H,10-11H2,1H3. The summed E-state index contributed by atoms with van der Waals surface area (Å²) in [4.78, 5) is 18.6. The van der Waals surface area contributed by atoms with Gasteiger partial charge >= 0.3 is 0 Å². The number of aryl methyl sites for hydroxylation is 1. The van der Waals surface area contributed by atoms with Crippen LogP contribution in [0.3, 0.4) is 0 Å². The molecule has 0 bridgehead atoms. The summed E-state index contributed by atoms with van der Waals surface area (Å²) in [5.41, 5.74) is 2.85. The van der Waals surface area contributed by atoms with Crippen LogP contribution >= 0.6 is 11.6 Å². The normalized spacial score (nSPS) is 17.3. The summed E-state index contributed by atoms with van der Waals surface area (Å²) in [5, 5.41) is 4.74. The predicted octanol–water partition coefficient (Wildman–Crippen LogP) is 4.22. The van der Waals surface area contributed by atoms with Crippen LogP contribution in [0.2, 0.25) is 5.02 Å². The molecule has 0 saturated carbocycles. The Labute approximate surface area is 150 Å². The third-order valence-electron chi connectivity index (χ3n) is 4.44. The molecule has 1 aromatic heterocycles. The second-order valence-corrected chi connectivity index (χ2v) is 6.59. The molecule has 1 aliphatic rings. The van der Waals surface area contributed by atoms with Gasteiger partial charge in [0.2, 0.25) is 17.6 Å². The summed E-state index contributed by atoms with van der Waals surface area (Å²) >= 11 is 5.92. The molecule has 1 fully saturated rings. The summed E-state index contributed by atoms with van der Waals surface area (Å²) < 4.78 is 5.45. The molecule has 1 saturated heterocycles. The van der Waals surface area contributed by atoms with Crippen molar-refractivity contribution in [1.29, 1.82) is 0 Å². The van der Waals surface area contributed by atoms with Gasteiger partial charge in [0.25, 0.3) is 0 Å². The van der Waals surface area contributed by atoms with Crippen molar-refractivity contribution in [1.82, 2.24) is 10.1 Å².